The molecule has 1 aliphatic rings. The van der Waals surface area contributed by atoms with Gasteiger partial charge in [0.1, 0.15) is 0 Å². The molecule has 0 saturated carbocycles. The quantitative estimate of drug-likeness (QED) is 0.901. The van der Waals surface area contributed by atoms with Gasteiger partial charge in [0.15, 0.2) is 0 Å². The molecule has 0 fully saturated rings. The van der Waals surface area contributed by atoms with E-state index in [4.69, 9.17) is 5.11 Å². The summed E-state index contributed by atoms with van der Waals surface area (Å²) in [5.74, 6) is -1.08. The summed E-state index contributed by atoms with van der Waals surface area (Å²) in [6.45, 7) is 0.415. The molecule has 1 aromatic heterocycles. The zero-order valence-electron chi connectivity index (χ0n) is 11.0. The van der Waals surface area contributed by atoms with Crippen LogP contribution >= 0.6 is 27.3 Å². The third kappa shape index (κ3) is 2.73. The number of rotatable bonds is 3. The van der Waals surface area contributed by atoms with E-state index in [2.05, 4.69) is 15.9 Å². The summed E-state index contributed by atoms with van der Waals surface area (Å²) in [5, 5.41) is 10.8. The van der Waals surface area contributed by atoms with Crippen LogP contribution in [0.3, 0.4) is 0 Å². The van der Waals surface area contributed by atoms with E-state index in [1.165, 1.54) is 11.3 Å². The lowest BCUT2D eigenvalue weighted by Crippen LogP contribution is -2.29. The molecule has 1 unspecified atom stereocenters. The first kappa shape index (κ1) is 14.3. The van der Waals surface area contributed by atoms with Gasteiger partial charge in [-0.25, -0.2) is 0 Å². The van der Waals surface area contributed by atoms with E-state index in [9.17, 15) is 9.59 Å². The summed E-state index contributed by atoms with van der Waals surface area (Å²) in [4.78, 5) is 25.3. The van der Waals surface area contributed by atoms with Gasteiger partial charge in [0.2, 0.25) is 0 Å². The van der Waals surface area contributed by atoms with Crippen LogP contribution in [0, 0.1) is 0 Å². The number of carbonyl (C=O) groups is 2. The fourth-order valence-electron chi connectivity index (χ4n) is 2.65. The van der Waals surface area contributed by atoms with E-state index in [0.717, 1.165) is 15.0 Å². The number of hydrogen-bond donors (Lipinski definition) is 1. The Balaban J connectivity index is 1.94. The van der Waals surface area contributed by atoms with Crippen molar-refractivity contribution in [3.05, 3.63) is 50.6 Å². The summed E-state index contributed by atoms with van der Waals surface area (Å²) in [6.07, 6.45) is 0.0358. The number of benzene rings is 1. The predicted molar refractivity (Wildman–Crippen MR) is 85.1 cm³/mol. The van der Waals surface area contributed by atoms with Crippen molar-refractivity contribution in [3.63, 3.8) is 0 Å². The van der Waals surface area contributed by atoms with E-state index in [1.807, 2.05) is 24.3 Å². The van der Waals surface area contributed by atoms with Crippen LogP contribution in [0.1, 0.15) is 28.3 Å². The van der Waals surface area contributed by atoms with Gasteiger partial charge in [-0.2, -0.15) is 0 Å². The molecule has 3 rings (SSSR count). The van der Waals surface area contributed by atoms with Gasteiger partial charge >= 0.3 is 5.97 Å². The van der Waals surface area contributed by atoms with E-state index in [0.29, 0.717) is 12.1 Å². The molecule has 108 valence electrons. The molecule has 0 saturated heterocycles. The Morgan fingerprint density at radius 1 is 1.38 bits per heavy atom. The maximum absolute atomic E-state index is 12.6. The largest absolute Gasteiger partial charge is 0.481 e. The van der Waals surface area contributed by atoms with Gasteiger partial charge in [0, 0.05) is 23.5 Å². The second-order valence-corrected chi connectivity index (χ2v) is 7.20. The van der Waals surface area contributed by atoms with E-state index < -0.39 is 5.97 Å². The van der Waals surface area contributed by atoms with Gasteiger partial charge in [-0.1, -0.05) is 18.2 Å². The van der Waals surface area contributed by atoms with Crippen molar-refractivity contribution in [1.82, 2.24) is 0 Å². The third-order valence-electron chi connectivity index (χ3n) is 3.55. The lowest BCUT2D eigenvalue weighted by Gasteiger charge is -2.17. The number of anilines is 1. The lowest BCUT2D eigenvalue weighted by atomic mass is 9.98. The average Bonchev–Trinajstić information content (AvgIpc) is 3.03. The first-order valence-corrected chi connectivity index (χ1v) is 8.10. The second kappa shape index (κ2) is 5.61. The summed E-state index contributed by atoms with van der Waals surface area (Å²) in [5.41, 5.74) is 2.37. The molecule has 1 amide bonds. The van der Waals surface area contributed by atoms with Crippen LogP contribution in [0.2, 0.25) is 0 Å². The van der Waals surface area contributed by atoms with E-state index in [-0.39, 0.29) is 18.2 Å². The van der Waals surface area contributed by atoms with Crippen LogP contribution in [0.25, 0.3) is 0 Å². The SMILES string of the molecule is O=C(O)CC1CN(C(=O)c2csc(Br)c2)c2ccccc21. The number of thiophene rings is 1. The third-order valence-corrected chi connectivity index (χ3v) is 5.06. The smallest absolute Gasteiger partial charge is 0.304 e. The van der Waals surface area contributed by atoms with Gasteiger partial charge < -0.3 is 10.0 Å². The van der Waals surface area contributed by atoms with Crippen LogP contribution in [0.15, 0.2) is 39.5 Å². The fourth-order valence-corrected chi connectivity index (χ4v) is 3.78. The molecule has 2 heterocycles. The standard InChI is InChI=1S/C15H12BrNO3S/c16-13-5-10(8-21-13)15(20)17-7-9(6-14(18)19)11-3-1-2-4-12(11)17/h1-5,8-9H,6-7H2,(H,18,19). The molecule has 6 heteroatoms. The highest BCUT2D eigenvalue weighted by molar-refractivity contribution is 9.11. The molecular formula is C15H12BrNO3S. The van der Waals surface area contributed by atoms with Crippen molar-refractivity contribution in [2.75, 3.05) is 11.4 Å². The average molecular weight is 366 g/mol. The maximum Gasteiger partial charge on any atom is 0.304 e. The normalized spacial score (nSPS) is 16.8. The number of hydrogen-bond acceptors (Lipinski definition) is 3. The number of nitrogens with zero attached hydrogens (tertiary/aromatic N) is 1. The molecular weight excluding hydrogens is 354 g/mol. The number of carboxylic acid groups (broad SMARTS) is 1. The summed E-state index contributed by atoms with van der Waals surface area (Å²) in [7, 11) is 0. The zero-order chi connectivity index (χ0) is 15.0. The Kier molecular flexibility index (Phi) is 3.82. The highest BCUT2D eigenvalue weighted by atomic mass is 79.9. The molecule has 4 nitrogen and oxygen atoms in total. The Morgan fingerprint density at radius 2 is 2.14 bits per heavy atom. The molecule has 1 aliphatic heterocycles. The highest BCUT2D eigenvalue weighted by Crippen LogP contribution is 2.39. The fraction of sp³-hybridized carbons (Fsp3) is 0.200. The Bertz CT molecular complexity index is 712. The summed E-state index contributed by atoms with van der Waals surface area (Å²) < 4.78 is 0.903. The molecule has 1 N–H and O–H groups in total. The number of fused-ring (bicyclic) bond motifs is 1. The Morgan fingerprint density at radius 3 is 2.81 bits per heavy atom. The molecule has 2 aromatic rings. The minimum atomic E-state index is -0.845. The monoisotopic (exact) mass is 365 g/mol. The molecule has 21 heavy (non-hydrogen) atoms. The van der Waals surface area contributed by atoms with Crippen molar-refractivity contribution in [1.29, 1.82) is 0 Å². The van der Waals surface area contributed by atoms with Crippen molar-refractivity contribution in [2.45, 2.75) is 12.3 Å². The number of para-hydroxylation sites is 1. The number of carbonyl (C=O) groups excluding carboxylic acids is 1. The topological polar surface area (TPSA) is 57.6 Å². The molecule has 0 aliphatic carbocycles. The molecule has 1 aromatic carbocycles. The molecule has 0 bridgehead atoms. The van der Waals surface area contributed by atoms with Crippen LogP contribution in [0.5, 0.6) is 0 Å². The van der Waals surface area contributed by atoms with Gasteiger partial charge in [-0.3, -0.25) is 9.59 Å². The van der Waals surface area contributed by atoms with Gasteiger partial charge in [0.05, 0.1) is 15.8 Å². The van der Waals surface area contributed by atoms with Gasteiger partial charge in [-0.15, -0.1) is 11.3 Å². The van der Waals surface area contributed by atoms with Crippen molar-refractivity contribution >= 4 is 44.8 Å². The van der Waals surface area contributed by atoms with E-state index in [1.54, 1.807) is 16.3 Å². The first-order valence-electron chi connectivity index (χ1n) is 6.43. The van der Waals surface area contributed by atoms with Crippen molar-refractivity contribution in [3.8, 4) is 0 Å². The van der Waals surface area contributed by atoms with Crippen molar-refractivity contribution < 1.29 is 14.7 Å². The first-order chi connectivity index (χ1) is 10.1. The minimum absolute atomic E-state index is 0.0358. The van der Waals surface area contributed by atoms with Crippen LogP contribution in [-0.2, 0) is 4.79 Å². The maximum atomic E-state index is 12.6. The molecule has 0 radical (unpaired) electrons. The van der Waals surface area contributed by atoms with Gasteiger partial charge in [0.25, 0.3) is 5.91 Å². The van der Waals surface area contributed by atoms with Crippen LogP contribution < -0.4 is 4.90 Å². The zero-order valence-corrected chi connectivity index (χ0v) is 13.4. The summed E-state index contributed by atoms with van der Waals surface area (Å²) in [6, 6.07) is 9.31. The lowest BCUT2D eigenvalue weighted by molar-refractivity contribution is -0.137. The van der Waals surface area contributed by atoms with Gasteiger partial charge in [-0.05, 0) is 33.6 Å². The number of carboxylic acids is 1. The van der Waals surface area contributed by atoms with Crippen molar-refractivity contribution in [2.24, 2.45) is 0 Å². The Hall–Kier alpha value is -1.66. The van der Waals surface area contributed by atoms with Crippen LogP contribution in [0.4, 0.5) is 5.69 Å². The molecule has 0 spiro atoms. The number of aliphatic carboxylic acids is 1. The van der Waals surface area contributed by atoms with E-state index >= 15 is 0 Å². The molecule has 1 atom stereocenters. The number of halogens is 1. The number of amides is 1. The highest BCUT2D eigenvalue weighted by Gasteiger charge is 2.33. The second-order valence-electron chi connectivity index (χ2n) is 4.91. The summed E-state index contributed by atoms with van der Waals surface area (Å²) >= 11 is 4.81. The van der Waals surface area contributed by atoms with Crippen LogP contribution in [-0.4, -0.2) is 23.5 Å². The minimum Gasteiger partial charge on any atom is -0.481 e. The predicted octanol–water partition coefficient (Wildman–Crippen LogP) is 3.73. The Labute approximate surface area is 134 Å².